The molecule has 0 bridgehead atoms. The highest BCUT2D eigenvalue weighted by Crippen LogP contribution is 2.32. The Morgan fingerprint density at radius 3 is 3.11 bits per heavy atom. The maximum atomic E-state index is 10.6. The Morgan fingerprint density at radius 1 is 1.72 bits per heavy atom. The molecule has 0 fully saturated rings. The Labute approximate surface area is 104 Å². The number of hydrogen-bond acceptors (Lipinski definition) is 6. The van der Waals surface area contributed by atoms with Crippen molar-refractivity contribution in [1.29, 1.82) is 0 Å². The fourth-order valence-corrected chi connectivity index (χ4v) is 1.84. The molecule has 0 aliphatic carbocycles. The molecule has 1 aliphatic rings. The molecule has 1 aromatic heterocycles. The predicted octanol–water partition coefficient (Wildman–Crippen LogP) is 0.953. The molecule has 0 aromatic carbocycles. The van der Waals surface area contributed by atoms with Crippen molar-refractivity contribution in [2.75, 3.05) is 20.5 Å². The van der Waals surface area contributed by atoms with Crippen molar-refractivity contribution in [3.63, 3.8) is 0 Å². The molecular formula is C10H15N3O5. The Kier molecular flexibility index (Phi) is 3.48. The molecule has 8 heteroatoms. The number of rotatable bonds is 6. The molecule has 2 rings (SSSR count). The summed E-state index contributed by atoms with van der Waals surface area (Å²) in [7, 11) is 1.56. The topological polar surface area (TPSA) is 88.7 Å². The van der Waals surface area contributed by atoms with Crippen LogP contribution in [0, 0.1) is 10.1 Å². The molecule has 0 radical (unpaired) electrons. The Morgan fingerprint density at radius 2 is 2.50 bits per heavy atom. The summed E-state index contributed by atoms with van der Waals surface area (Å²) in [6, 6.07) is 0.288. The Bertz CT molecular complexity index is 421. The van der Waals surface area contributed by atoms with E-state index in [1.54, 1.807) is 11.7 Å². The smallest absolute Gasteiger partial charge is 0.414 e. The van der Waals surface area contributed by atoms with Crippen LogP contribution < -0.4 is 4.74 Å². The van der Waals surface area contributed by atoms with E-state index in [0.717, 1.165) is 0 Å². The van der Waals surface area contributed by atoms with E-state index in [1.165, 1.54) is 6.20 Å². The van der Waals surface area contributed by atoms with Crippen molar-refractivity contribution in [1.82, 2.24) is 9.55 Å². The zero-order valence-electron chi connectivity index (χ0n) is 10.3. The van der Waals surface area contributed by atoms with Crippen LogP contribution in [0.5, 0.6) is 6.01 Å². The Balaban J connectivity index is 1.92. The van der Waals surface area contributed by atoms with Gasteiger partial charge in [0.15, 0.2) is 0 Å². The van der Waals surface area contributed by atoms with Gasteiger partial charge in [-0.1, -0.05) is 0 Å². The van der Waals surface area contributed by atoms with Crippen LogP contribution in [0.2, 0.25) is 0 Å². The van der Waals surface area contributed by atoms with Crippen LogP contribution in [0.3, 0.4) is 0 Å². The summed E-state index contributed by atoms with van der Waals surface area (Å²) in [6.45, 7) is 3.19. The average Bonchev–Trinajstić information content (AvgIpc) is 2.79. The van der Waals surface area contributed by atoms with Crippen LogP contribution in [-0.4, -0.2) is 40.6 Å². The first kappa shape index (κ1) is 12.8. The SMILES string of the molecule is COCOCCC1(C)Cn2cc([N+](=O)[O-])nc2O1. The van der Waals surface area contributed by atoms with Gasteiger partial charge < -0.3 is 24.3 Å². The largest absolute Gasteiger partial charge is 0.437 e. The van der Waals surface area contributed by atoms with Gasteiger partial charge in [0.2, 0.25) is 0 Å². The van der Waals surface area contributed by atoms with Gasteiger partial charge in [-0.3, -0.25) is 4.57 Å². The van der Waals surface area contributed by atoms with Crippen LogP contribution >= 0.6 is 0 Å². The highest BCUT2D eigenvalue weighted by atomic mass is 16.7. The third-order valence-corrected chi connectivity index (χ3v) is 2.73. The minimum Gasteiger partial charge on any atom is -0.437 e. The summed E-state index contributed by atoms with van der Waals surface area (Å²) in [4.78, 5) is 13.8. The van der Waals surface area contributed by atoms with Gasteiger partial charge in [0.1, 0.15) is 18.6 Å². The van der Waals surface area contributed by atoms with E-state index in [2.05, 4.69) is 4.98 Å². The summed E-state index contributed by atoms with van der Waals surface area (Å²) >= 11 is 0. The maximum absolute atomic E-state index is 10.6. The maximum Gasteiger partial charge on any atom is 0.414 e. The molecule has 0 saturated carbocycles. The second-order valence-electron chi connectivity index (χ2n) is 4.38. The highest BCUT2D eigenvalue weighted by Gasteiger charge is 2.39. The van der Waals surface area contributed by atoms with Crippen molar-refractivity contribution in [3.05, 3.63) is 16.3 Å². The number of ether oxygens (including phenoxy) is 3. The fraction of sp³-hybridized carbons (Fsp3) is 0.700. The van der Waals surface area contributed by atoms with Crippen LogP contribution in [0.25, 0.3) is 0 Å². The standard InChI is InChI=1S/C10H15N3O5/c1-10(3-4-17-7-16-2)6-12-5-8(13(14)15)11-9(12)18-10/h5H,3-4,6-7H2,1-2H3. The van der Waals surface area contributed by atoms with Crippen molar-refractivity contribution >= 4 is 5.82 Å². The van der Waals surface area contributed by atoms with Gasteiger partial charge in [0, 0.05) is 18.5 Å². The van der Waals surface area contributed by atoms with Gasteiger partial charge >= 0.3 is 11.8 Å². The van der Waals surface area contributed by atoms with Gasteiger partial charge in [-0.05, 0) is 11.8 Å². The summed E-state index contributed by atoms with van der Waals surface area (Å²) in [5.41, 5.74) is -0.439. The van der Waals surface area contributed by atoms with Crippen molar-refractivity contribution in [2.24, 2.45) is 0 Å². The van der Waals surface area contributed by atoms with E-state index in [1.807, 2.05) is 6.92 Å². The van der Waals surface area contributed by atoms with Crippen molar-refractivity contribution in [2.45, 2.75) is 25.5 Å². The molecule has 18 heavy (non-hydrogen) atoms. The van der Waals surface area contributed by atoms with E-state index in [9.17, 15) is 10.1 Å². The summed E-state index contributed by atoms with van der Waals surface area (Å²) < 4.78 is 17.3. The lowest BCUT2D eigenvalue weighted by Crippen LogP contribution is -2.33. The predicted molar refractivity (Wildman–Crippen MR) is 60.4 cm³/mol. The van der Waals surface area contributed by atoms with E-state index in [0.29, 0.717) is 19.6 Å². The Hall–Kier alpha value is -1.67. The molecule has 1 aromatic rings. The molecule has 0 spiro atoms. The van der Waals surface area contributed by atoms with E-state index in [4.69, 9.17) is 14.2 Å². The summed E-state index contributed by atoms with van der Waals surface area (Å²) in [6.07, 6.45) is 2.05. The first-order valence-corrected chi connectivity index (χ1v) is 5.51. The minimum atomic E-state index is -0.534. The highest BCUT2D eigenvalue weighted by molar-refractivity contribution is 5.23. The van der Waals surface area contributed by atoms with Gasteiger partial charge in [-0.25, -0.2) is 0 Å². The molecule has 1 unspecified atom stereocenters. The normalized spacial score (nSPS) is 21.7. The molecule has 0 saturated heterocycles. The molecule has 1 atom stereocenters. The van der Waals surface area contributed by atoms with Crippen LogP contribution in [0.4, 0.5) is 5.82 Å². The number of hydrogen-bond donors (Lipinski definition) is 0. The number of methoxy groups -OCH3 is 1. The van der Waals surface area contributed by atoms with Gasteiger partial charge in [-0.15, -0.1) is 0 Å². The van der Waals surface area contributed by atoms with Crippen molar-refractivity contribution < 1.29 is 19.1 Å². The van der Waals surface area contributed by atoms with Crippen LogP contribution in [0.1, 0.15) is 13.3 Å². The second kappa shape index (κ2) is 4.91. The fourth-order valence-electron chi connectivity index (χ4n) is 1.84. The molecule has 100 valence electrons. The zero-order valence-corrected chi connectivity index (χ0v) is 10.3. The molecular weight excluding hydrogens is 242 g/mol. The van der Waals surface area contributed by atoms with Gasteiger partial charge in [0.25, 0.3) is 0 Å². The lowest BCUT2D eigenvalue weighted by atomic mass is 10.0. The minimum absolute atomic E-state index is 0.192. The lowest BCUT2D eigenvalue weighted by Gasteiger charge is -2.21. The third kappa shape index (κ3) is 2.59. The molecule has 8 nitrogen and oxygen atoms in total. The number of nitrogens with zero attached hydrogens (tertiary/aromatic N) is 3. The van der Waals surface area contributed by atoms with Gasteiger partial charge in [0.05, 0.1) is 13.2 Å². The molecule has 0 N–H and O–H groups in total. The zero-order chi connectivity index (χ0) is 13.2. The van der Waals surface area contributed by atoms with E-state index in [-0.39, 0.29) is 18.6 Å². The first-order chi connectivity index (χ1) is 8.54. The quantitative estimate of drug-likeness (QED) is 0.326. The summed E-state index contributed by atoms with van der Waals surface area (Å²) in [5, 5.41) is 10.6. The number of nitro groups is 1. The van der Waals surface area contributed by atoms with Crippen LogP contribution in [-0.2, 0) is 16.0 Å². The average molecular weight is 257 g/mol. The first-order valence-electron chi connectivity index (χ1n) is 5.51. The number of imidazole rings is 1. The van der Waals surface area contributed by atoms with Crippen LogP contribution in [0.15, 0.2) is 6.20 Å². The number of aromatic nitrogens is 2. The lowest BCUT2D eigenvalue weighted by molar-refractivity contribution is -0.389. The molecule has 1 aliphatic heterocycles. The monoisotopic (exact) mass is 257 g/mol. The van der Waals surface area contributed by atoms with Crippen molar-refractivity contribution in [3.8, 4) is 6.01 Å². The number of fused-ring (bicyclic) bond motifs is 1. The second-order valence-corrected chi connectivity index (χ2v) is 4.38. The van der Waals surface area contributed by atoms with E-state index < -0.39 is 10.5 Å². The molecule has 0 amide bonds. The van der Waals surface area contributed by atoms with Gasteiger partial charge in [-0.2, -0.15) is 0 Å². The summed E-state index contributed by atoms with van der Waals surface area (Å²) in [5.74, 6) is -0.192. The van der Waals surface area contributed by atoms with E-state index >= 15 is 0 Å². The third-order valence-electron chi connectivity index (χ3n) is 2.73. The molecule has 2 heterocycles.